The van der Waals surface area contributed by atoms with E-state index in [0.717, 1.165) is 16.9 Å². The van der Waals surface area contributed by atoms with E-state index in [4.69, 9.17) is 9.15 Å². The number of para-hydroxylation sites is 1. The van der Waals surface area contributed by atoms with Crippen LogP contribution in [-0.4, -0.2) is 16.0 Å². The summed E-state index contributed by atoms with van der Waals surface area (Å²) in [5, 5.41) is 13.2. The lowest BCUT2D eigenvalue weighted by molar-refractivity contribution is 0.102. The number of hydrogen-bond acceptors (Lipinski definition) is 5. The lowest BCUT2D eigenvalue weighted by atomic mass is 10.1. The topological polar surface area (TPSA) is 84.6 Å². The van der Waals surface area contributed by atoms with Crippen LogP contribution in [0.5, 0.6) is 11.5 Å². The van der Waals surface area contributed by atoms with Gasteiger partial charge >= 0.3 is 0 Å². The lowest BCUT2D eigenvalue weighted by Crippen LogP contribution is -2.12. The van der Waals surface area contributed by atoms with Gasteiger partial charge in [0.25, 0.3) is 5.91 Å². The lowest BCUT2D eigenvalue weighted by Gasteiger charge is -2.09. The monoisotopic (exact) mass is 450 g/mol. The van der Waals surface area contributed by atoms with E-state index in [-0.39, 0.29) is 17.5 Å². The van der Waals surface area contributed by atoms with Crippen molar-refractivity contribution in [2.24, 2.45) is 0 Å². The number of anilines is 1. The first-order valence-electron chi connectivity index (χ1n) is 10.8. The highest BCUT2D eigenvalue weighted by atomic mass is 16.5. The number of aromatic hydroxyl groups is 1. The molecule has 0 unspecified atom stereocenters. The van der Waals surface area contributed by atoms with Gasteiger partial charge in [-0.25, -0.2) is 4.98 Å². The number of nitrogens with zero attached hydrogens (tertiary/aromatic N) is 1. The second-order valence-corrected chi connectivity index (χ2v) is 7.97. The predicted octanol–water partition coefficient (Wildman–Crippen LogP) is 6.34. The quantitative estimate of drug-likeness (QED) is 0.295. The van der Waals surface area contributed by atoms with Crippen LogP contribution in [0.3, 0.4) is 0 Å². The van der Waals surface area contributed by atoms with Crippen molar-refractivity contribution in [3.8, 4) is 23.0 Å². The second kappa shape index (κ2) is 9.11. The molecule has 168 valence electrons. The van der Waals surface area contributed by atoms with Crippen molar-refractivity contribution >= 4 is 22.7 Å². The van der Waals surface area contributed by atoms with E-state index in [1.807, 2.05) is 67.6 Å². The Labute approximate surface area is 196 Å². The average Bonchev–Trinajstić information content (AvgIpc) is 3.28. The fourth-order valence-corrected chi connectivity index (χ4v) is 3.57. The van der Waals surface area contributed by atoms with Gasteiger partial charge in [-0.05, 0) is 72.6 Å². The maximum Gasteiger partial charge on any atom is 0.255 e. The van der Waals surface area contributed by atoms with Crippen LogP contribution in [-0.2, 0) is 6.61 Å². The highest BCUT2D eigenvalue weighted by molar-refractivity contribution is 6.04. The summed E-state index contributed by atoms with van der Waals surface area (Å²) in [5.74, 6) is 0.836. The van der Waals surface area contributed by atoms with Gasteiger partial charge in [0.1, 0.15) is 23.6 Å². The van der Waals surface area contributed by atoms with Crippen LogP contribution < -0.4 is 10.1 Å². The number of aryl methyl sites for hydroxylation is 1. The molecule has 1 amide bonds. The van der Waals surface area contributed by atoms with Gasteiger partial charge < -0.3 is 19.6 Å². The zero-order valence-corrected chi connectivity index (χ0v) is 18.5. The number of carbonyl (C=O) groups is 1. The van der Waals surface area contributed by atoms with Crippen LogP contribution >= 0.6 is 0 Å². The van der Waals surface area contributed by atoms with Gasteiger partial charge in [0.15, 0.2) is 5.58 Å². The normalized spacial score (nSPS) is 10.9. The maximum absolute atomic E-state index is 12.8. The van der Waals surface area contributed by atoms with Gasteiger partial charge in [0, 0.05) is 11.3 Å². The van der Waals surface area contributed by atoms with Gasteiger partial charge in [-0.3, -0.25) is 4.79 Å². The molecule has 0 fully saturated rings. The third-order valence-corrected chi connectivity index (χ3v) is 5.39. The van der Waals surface area contributed by atoms with Crippen LogP contribution in [0.2, 0.25) is 0 Å². The van der Waals surface area contributed by atoms with E-state index in [9.17, 15) is 9.90 Å². The predicted molar refractivity (Wildman–Crippen MR) is 131 cm³/mol. The average molecular weight is 450 g/mol. The number of amides is 1. The van der Waals surface area contributed by atoms with Crippen molar-refractivity contribution in [1.82, 2.24) is 4.98 Å². The van der Waals surface area contributed by atoms with Crippen LogP contribution in [0.25, 0.3) is 22.6 Å². The first kappa shape index (κ1) is 21.3. The summed E-state index contributed by atoms with van der Waals surface area (Å²) < 4.78 is 11.6. The van der Waals surface area contributed by atoms with Crippen molar-refractivity contribution in [3.05, 3.63) is 108 Å². The van der Waals surface area contributed by atoms with Crippen molar-refractivity contribution in [2.45, 2.75) is 13.5 Å². The van der Waals surface area contributed by atoms with Gasteiger partial charge in [0.2, 0.25) is 5.89 Å². The van der Waals surface area contributed by atoms with E-state index in [2.05, 4.69) is 10.3 Å². The molecule has 6 heteroatoms. The van der Waals surface area contributed by atoms with Crippen LogP contribution in [0.1, 0.15) is 21.5 Å². The number of phenolic OH excluding ortho intramolecular Hbond substituents is 1. The number of carbonyl (C=O) groups excluding carboxylic acids is 1. The Morgan fingerprint density at radius 3 is 2.56 bits per heavy atom. The molecule has 6 nitrogen and oxygen atoms in total. The van der Waals surface area contributed by atoms with E-state index >= 15 is 0 Å². The minimum atomic E-state index is -0.264. The van der Waals surface area contributed by atoms with Crippen molar-refractivity contribution in [2.75, 3.05) is 5.32 Å². The molecule has 4 aromatic carbocycles. The number of benzene rings is 4. The Bertz CT molecular complexity index is 1460. The Kier molecular flexibility index (Phi) is 5.70. The van der Waals surface area contributed by atoms with Gasteiger partial charge in [0.05, 0.1) is 5.56 Å². The summed E-state index contributed by atoms with van der Waals surface area (Å²) in [6, 6.07) is 27.3. The second-order valence-electron chi connectivity index (χ2n) is 7.97. The largest absolute Gasteiger partial charge is 0.507 e. The van der Waals surface area contributed by atoms with Crippen LogP contribution in [0.15, 0.2) is 95.4 Å². The summed E-state index contributed by atoms with van der Waals surface area (Å²) >= 11 is 0. The third-order valence-electron chi connectivity index (χ3n) is 5.39. The maximum atomic E-state index is 12.8. The van der Waals surface area contributed by atoms with Crippen molar-refractivity contribution in [3.63, 3.8) is 0 Å². The van der Waals surface area contributed by atoms with Crippen molar-refractivity contribution in [1.29, 1.82) is 0 Å². The van der Waals surface area contributed by atoms with Crippen LogP contribution in [0.4, 0.5) is 5.69 Å². The summed E-state index contributed by atoms with van der Waals surface area (Å²) in [6.45, 7) is 2.38. The number of oxazole rings is 1. The molecule has 0 aliphatic rings. The standard InChI is InChI=1S/C28H22N2O4/c1-18-7-13-24-26(15-18)34-28(30-24)23-16-21(12-14-25(23)31)29-27(32)20-10-8-19(9-11-20)17-33-22-5-3-2-4-6-22/h2-16,31H,17H2,1H3,(H,29,32). The number of hydrogen-bond donors (Lipinski definition) is 2. The molecular formula is C28H22N2O4. The Hall–Kier alpha value is -4.58. The number of rotatable bonds is 6. The highest BCUT2D eigenvalue weighted by Gasteiger charge is 2.15. The minimum Gasteiger partial charge on any atom is -0.507 e. The molecule has 0 saturated heterocycles. The first-order chi connectivity index (χ1) is 16.5. The Balaban J connectivity index is 1.29. The molecule has 1 heterocycles. The summed E-state index contributed by atoms with van der Waals surface area (Å²) in [4.78, 5) is 17.2. The smallest absolute Gasteiger partial charge is 0.255 e. The fourth-order valence-electron chi connectivity index (χ4n) is 3.57. The molecular weight excluding hydrogens is 428 g/mol. The number of phenols is 1. The molecule has 0 aliphatic carbocycles. The fraction of sp³-hybridized carbons (Fsp3) is 0.0714. The molecule has 0 saturated carbocycles. The van der Waals surface area contributed by atoms with E-state index in [1.165, 1.54) is 6.07 Å². The van der Waals surface area contributed by atoms with Crippen molar-refractivity contribution < 1.29 is 19.1 Å². The van der Waals surface area contributed by atoms with E-state index < -0.39 is 0 Å². The molecule has 5 rings (SSSR count). The molecule has 0 radical (unpaired) electrons. The molecule has 2 N–H and O–H groups in total. The Morgan fingerprint density at radius 2 is 1.76 bits per heavy atom. The number of fused-ring (bicyclic) bond motifs is 1. The summed E-state index contributed by atoms with van der Waals surface area (Å²) in [7, 11) is 0. The SMILES string of the molecule is Cc1ccc2nc(-c3cc(NC(=O)c4ccc(COc5ccccc5)cc4)ccc3O)oc2c1. The zero-order valence-electron chi connectivity index (χ0n) is 18.5. The third kappa shape index (κ3) is 4.61. The number of aromatic nitrogens is 1. The summed E-state index contributed by atoms with van der Waals surface area (Å²) in [5.41, 5.74) is 4.78. The van der Waals surface area contributed by atoms with E-state index in [0.29, 0.717) is 34.5 Å². The Morgan fingerprint density at radius 1 is 0.971 bits per heavy atom. The van der Waals surface area contributed by atoms with E-state index in [1.54, 1.807) is 24.3 Å². The molecule has 0 atom stereocenters. The van der Waals surface area contributed by atoms with Gasteiger partial charge in [-0.1, -0.05) is 36.4 Å². The number of nitrogens with one attached hydrogen (secondary N) is 1. The highest BCUT2D eigenvalue weighted by Crippen LogP contribution is 2.33. The molecule has 0 spiro atoms. The zero-order chi connectivity index (χ0) is 23.5. The minimum absolute atomic E-state index is 0.0176. The molecule has 1 aromatic heterocycles. The van der Waals surface area contributed by atoms with Gasteiger partial charge in [-0.2, -0.15) is 0 Å². The summed E-state index contributed by atoms with van der Waals surface area (Å²) in [6.07, 6.45) is 0. The molecule has 0 bridgehead atoms. The first-order valence-corrected chi connectivity index (χ1v) is 10.8. The molecule has 0 aliphatic heterocycles. The van der Waals surface area contributed by atoms with Crippen LogP contribution in [0, 0.1) is 6.92 Å². The van der Waals surface area contributed by atoms with Gasteiger partial charge in [-0.15, -0.1) is 0 Å². The molecule has 34 heavy (non-hydrogen) atoms. The number of ether oxygens (including phenoxy) is 1. The molecule has 5 aromatic rings.